The summed E-state index contributed by atoms with van der Waals surface area (Å²) in [7, 11) is 1.32. The SMILES string of the molecule is COC(=O)c1ccc2c(C(=Nc3ccc(C(=O)N4CCN(CCO)CC4)cc3)c3ccccc3)c(O)[nH]c2c1. The van der Waals surface area contributed by atoms with Crippen LogP contribution in [0.4, 0.5) is 5.69 Å². The van der Waals surface area contributed by atoms with Gasteiger partial charge in [0, 0.05) is 54.8 Å². The Bertz CT molecular complexity index is 1500. The van der Waals surface area contributed by atoms with Crippen molar-refractivity contribution < 1.29 is 24.5 Å². The number of aliphatic hydroxyl groups excluding tert-OH is 1. The van der Waals surface area contributed by atoms with Crippen molar-refractivity contribution in [3.05, 3.63) is 95.1 Å². The van der Waals surface area contributed by atoms with E-state index in [9.17, 15) is 14.7 Å². The first-order valence-corrected chi connectivity index (χ1v) is 12.8. The van der Waals surface area contributed by atoms with Crippen molar-refractivity contribution in [3.8, 4) is 5.88 Å². The monoisotopic (exact) mass is 526 g/mol. The number of fused-ring (bicyclic) bond motifs is 1. The van der Waals surface area contributed by atoms with Crippen LogP contribution in [0.25, 0.3) is 10.9 Å². The van der Waals surface area contributed by atoms with Crippen molar-refractivity contribution in [2.24, 2.45) is 4.99 Å². The molecule has 39 heavy (non-hydrogen) atoms. The van der Waals surface area contributed by atoms with Gasteiger partial charge in [0.15, 0.2) is 5.88 Å². The third-order valence-electron chi connectivity index (χ3n) is 6.91. The number of methoxy groups -OCH3 is 1. The summed E-state index contributed by atoms with van der Waals surface area (Å²) >= 11 is 0. The Morgan fingerprint density at radius 2 is 1.62 bits per heavy atom. The molecule has 0 saturated carbocycles. The number of H-pyrrole nitrogens is 1. The minimum Gasteiger partial charge on any atom is -0.494 e. The molecular formula is C30H30N4O5. The first kappa shape index (κ1) is 26.1. The lowest BCUT2D eigenvalue weighted by atomic mass is 10.00. The molecule has 0 unspecified atom stereocenters. The first-order chi connectivity index (χ1) is 19.0. The van der Waals surface area contributed by atoms with E-state index in [-0.39, 0.29) is 18.4 Å². The van der Waals surface area contributed by atoms with Gasteiger partial charge in [-0.3, -0.25) is 9.69 Å². The number of nitrogens with zero attached hydrogens (tertiary/aromatic N) is 3. The number of β-amino-alcohol motifs (C(OH)–C–C–N with tert-alkyl or cyclic N) is 1. The number of nitrogens with one attached hydrogen (secondary N) is 1. The lowest BCUT2D eigenvalue weighted by molar-refractivity contribution is 0.0597. The highest BCUT2D eigenvalue weighted by molar-refractivity contribution is 6.22. The molecule has 1 saturated heterocycles. The van der Waals surface area contributed by atoms with Crippen molar-refractivity contribution in [1.82, 2.24) is 14.8 Å². The summed E-state index contributed by atoms with van der Waals surface area (Å²) in [6.45, 7) is 3.46. The standard InChI is InChI=1S/C30H30N4O5/c1-39-30(38)22-9-12-24-25(19-22)32-28(36)26(24)27(20-5-3-2-4-6-20)31-23-10-7-21(8-11-23)29(37)34-15-13-33(14-16-34)17-18-35/h2-12,19,32,35-36H,13-18H2,1H3. The number of aromatic hydroxyl groups is 1. The van der Waals surface area contributed by atoms with Crippen LogP contribution in [0, 0.1) is 0 Å². The molecule has 0 aliphatic carbocycles. The quantitative estimate of drug-likeness (QED) is 0.250. The van der Waals surface area contributed by atoms with Crippen LogP contribution in [-0.4, -0.2) is 89.0 Å². The van der Waals surface area contributed by atoms with E-state index in [1.165, 1.54) is 7.11 Å². The van der Waals surface area contributed by atoms with E-state index in [0.29, 0.717) is 58.6 Å². The van der Waals surface area contributed by atoms with Gasteiger partial charge in [-0.1, -0.05) is 36.4 Å². The first-order valence-electron chi connectivity index (χ1n) is 12.8. The number of carbonyl (C=O) groups is 2. The van der Waals surface area contributed by atoms with Crippen LogP contribution in [0.2, 0.25) is 0 Å². The predicted octanol–water partition coefficient (Wildman–Crippen LogP) is 3.58. The fourth-order valence-corrected chi connectivity index (χ4v) is 4.83. The van der Waals surface area contributed by atoms with Gasteiger partial charge >= 0.3 is 5.97 Å². The molecular weight excluding hydrogens is 496 g/mol. The number of amides is 1. The normalized spacial score (nSPS) is 14.5. The molecule has 4 aromatic rings. The van der Waals surface area contributed by atoms with Gasteiger partial charge in [0.25, 0.3) is 5.91 Å². The molecule has 2 heterocycles. The fourth-order valence-electron chi connectivity index (χ4n) is 4.83. The minimum absolute atomic E-state index is 0.0341. The number of benzene rings is 3. The molecule has 3 aromatic carbocycles. The average molecular weight is 527 g/mol. The third kappa shape index (κ3) is 5.55. The number of aromatic amines is 1. The zero-order valence-electron chi connectivity index (χ0n) is 21.6. The van der Waals surface area contributed by atoms with Crippen molar-refractivity contribution in [3.63, 3.8) is 0 Å². The van der Waals surface area contributed by atoms with Gasteiger partial charge in [0.05, 0.1) is 36.2 Å². The Hall–Kier alpha value is -4.47. The number of rotatable bonds is 7. The third-order valence-corrected chi connectivity index (χ3v) is 6.91. The van der Waals surface area contributed by atoms with Crippen LogP contribution in [0.3, 0.4) is 0 Å². The molecule has 200 valence electrons. The van der Waals surface area contributed by atoms with Gasteiger partial charge in [0.2, 0.25) is 0 Å². The molecule has 1 aliphatic heterocycles. The molecule has 9 heteroatoms. The van der Waals surface area contributed by atoms with Crippen molar-refractivity contribution in [2.75, 3.05) is 46.4 Å². The van der Waals surface area contributed by atoms with E-state index < -0.39 is 5.97 Å². The molecule has 1 amide bonds. The molecule has 0 atom stereocenters. The van der Waals surface area contributed by atoms with E-state index in [0.717, 1.165) is 18.7 Å². The van der Waals surface area contributed by atoms with Crippen molar-refractivity contribution in [2.45, 2.75) is 0 Å². The number of esters is 1. The lowest BCUT2D eigenvalue weighted by Gasteiger charge is -2.34. The van der Waals surface area contributed by atoms with Crippen molar-refractivity contribution in [1.29, 1.82) is 0 Å². The summed E-state index contributed by atoms with van der Waals surface area (Å²) in [6.07, 6.45) is 0. The van der Waals surface area contributed by atoms with Crippen LogP contribution in [0.15, 0.2) is 77.8 Å². The Balaban J connectivity index is 1.47. The topological polar surface area (TPSA) is 118 Å². The maximum atomic E-state index is 13.0. The van der Waals surface area contributed by atoms with Crippen molar-refractivity contribution >= 4 is 34.2 Å². The minimum atomic E-state index is -0.467. The number of carbonyl (C=O) groups excluding carboxylic acids is 2. The van der Waals surface area contributed by atoms with Gasteiger partial charge in [-0.05, 0) is 36.4 Å². The second kappa shape index (κ2) is 11.5. The summed E-state index contributed by atoms with van der Waals surface area (Å²) < 4.78 is 4.82. The summed E-state index contributed by atoms with van der Waals surface area (Å²) in [5.41, 5.74) is 4.00. The number of aliphatic imine (C=N–C) groups is 1. The fraction of sp³-hybridized carbons (Fsp3) is 0.233. The summed E-state index contributed by atoms with van der Waals surface area (Å²) in [4.78, 5) is 36.9. The van der Waals surface area contributed by atoms with Gasteiger partial charge < -0.3 is 24.8 Å². The maximum Gasteiger partial charge on any atom is 0.337 e. The molecule has 0 radical (unpaired) electrons. The predicted molar refractivity (Wildman–Crippen MR) is 149 cm³/mol. The summed E-state index contributed by atoms with van der Waals surface area (Å²) in [6, 6.07) is 21.7. The number of aromatic nitrogens is 1. The average Bonchev–Trinajstić information content (AvgIpc) is 3.31. The highest BCUT2D eigenvalue weighted by Crippen LogP contribution is 2.32. The lowest BCUT2D eigenvalue weighted by Crippen LogP contribution is -2.49. The largest absolute Gasteiger partial charge is 0.494 e. The number of aliphatic hydroxyl groups is 1. The number of hydrogen-bond donors (Lipinski definition) is 3. The Kier molecular flexibility index (Phi) is 7.72. The maximum absolute atomic E-state index is 13.0. The Morgan fingerprint density at radius 1 is 0.923 bits per heavy atom. The Labute approximate surface area is 226 Å². The van der Waals surface area contributed by atoms with E-state index >= 15 is 0 Å². The highest BCUT2D eigenvalue weighted by atomic mass is 16.5. The molecule has 5 rings (SSSR count). The van der Waals surface area contributed by atoms with Gasteiger partial charge in [-0.25, -0.2) is 9.79 Å². The molecule has 3 N–H and O–H groups in total. The number of hydrogen-bond acceptors (Lipinski definition) is 7. The molecule has 1 aromatic heterocycles. The van der Waals surface area contributed by atoms with Gasteiger partial charge in [0.1, 0.15) is 0 Å². The summed E-state index contributed by atoms with van der Waals surface area (Å²) in [5.74, 6) is -0.568. The van der Waals surface area contributed by atoms with E-state index in [1.54, 1.807) is 42.5 Å². The molecule has 0 bridgehead atoms. The zero-order valence-corrected chi connectivity index (χ0v) is 21.6. The summed E-state index contributed by atoms with van der Waals surface area (Å²) in [5, 5.41) is 20.8. The van der Waals surface area contributed by atoms with E-state index in [4.69, 9.17) is 14.8 Å². The van der Waals surface area contributed by atoms with E-state index in [2.05, 4.69) is 9.88 Å². The molecule has 9 nitrogen and oxygen atoms in total. The second-order valence-electron chi connectivity index (χ2n) is 9.33. The van der Waals surface area contributed by atoms with Gasteiger partial charge in [-0.15, -0.1) is 0 Å². The van der Waals surface area contributed by atoms with E-state index in [1.807, 2.05) is 35.2 Å². The van der Waals surface area contributed by atoms with Gasteiger partial charge in [-0.2, -0.15) is 0 Å². The highest BCUT2D eigenvalue weighted by Gasteiger charge is 2.23. The number of ether oxygens (including phenoxy) is 1. The molecule has 1 aliphatic rings. The second-order valence-corrected chi connectivity index (χ2v) is 9.33. The number of piperazine rings is 1. The molecule has 0 spiro atoms. The van der Waals surface area contributed by atoms with Crippen LogP contribution in [0.5, 0.6) is 5.88 Å². The Morgan fingerprint density at radius 3 is 2.28 bits per heavy atom. The van der Waals surface area contributed by atoms with Crippen LogP contribution < -0.4 is 0 Å². The smallest absolute Gasteiger partial charge is 0.337 e. The molecule has 1 fully saturated rings. The van der Waals surface area contributed by atoms with Crippen LogP contribution >= 0.6 is 0 Å². The van der Waals surface area contributed by atoms with Crippen LogP contribution in [-0.2, 0) is 4.74 Å². The van der Waals surface area contributed by atoms with Crippen LogP contribution in [0.1, 0.15) is 31.8 Å². The zero-order chi connectivity index (χ0) is 27.4.